The van der Waals surface area contributed by atoms with Gasteiger partial charge in [0.05, 0.1) is 6.10 Å². The SMILES string of the molecule is CC(C)[C@@H](C)C=C[C@@H](C)[C@H]1CCC2[C@]1(C)CC=C1[C@]23C=C[C@]2(C[C@@H](O)CC[C@]12C)OO3. The highest BCUT2D eigenvalue weighted by atomic mass is 17.2. The van der Waals surface area contributed by atoms with Gasteiger partial charge in [0, 0.05) is 17.8 Å². The second-order valence-electron chi connectivity index (χ2n) is 12.3. The summed E-state index contributed by atoms with van der Waals surface area (Å²) in [7, 11) is 0. The monoisotopic (exact) mass is 426 g/mol. The number of aliphatic hydroxyl groups is 1. The molecule has 3 nitrogen and oxygen atoms in total. The minimum Gasteiger partial charge on any atom is -0.393 e. The van der Waals surface area contributed by atoms with Crippen molar-refractivity contribution in [3.8, 4) is 0 Å². The molecule has 0 aromatic carbocycles. The van der Waals surface area contributed by atoms with E-state index in [2.05, 4.69) is 71.9 Å². The molecular weight excluding hydrogens is 384 g/mol. The molecule has 6 rings (SSSR count). The fourth-order valence-electron chi connectivity index (χ4n) is 8.01. The molecule has 2 aliphatic heterocycles. The van der Waals surface area contributed by atoms with Crippen LogP contribution in [-0.4, -0.2) is 22.4 Å². The highest BCUT2D eigenvalue weighted by Gasteiger charge is 2.71. The van der Waals surface area contributed by atoms with Crippen molar-refractivity contribution in [2.75, 3.05) is 0 Å². The summed E-state index contributed by atoms with van der Waals surface area (Å²) in [5.41, 5.74) is 0.656. The van der Waals surface area contributed by atoms with Crippen LogP contribution in [0.5, 0.6) is 0 Å². The van der Waals surface area contributed by atoms with Crippen LogP contribution in [0, 0.1) is 40.4 Å². The van der Waals surface area contributed by atoms with Gasteiger partial charge in [0.2, 0.25) is 0 Å². The van der Waals surface area contributed by atoms with Crippen molar-refractivity contribution in [2.45, 2.75) is 97.4 Å². The lowest BCUT2D eigenvalue weighted by Gasteiger charge is -2.66. The number of allylic oxidation sites excluding steroid dienone is 3. The summed E-state index contributed by atoms with van der Waals surface area (Å²) < 4.78 is 0. The van der Waals surface area contributed by atoms with Gasteiger partial charge < -0.3 is 5.11 Å². The van der Waals surface area contributed by atoms with E-state index in [4.69, 9.17) is 9.78 Å². The maximum atomic E-state index is 10.4. The Labute approximate surface area is 188 Å². The summed E-state index contributed by atoms with van der Waals surface area (Å²) in [4.78, 5) is 12.6. The standard InChI is InChI=1S/C28H42O3/c1-18(2)19(3)7-8-20(4)22-9-10-23-25(22,5)13-12-24-26(6)14-11-21(29)17-27(26)15-16-28(23,24)31-30-27/h7-8,12,15-16,18-23,29H,9-11,13-14,17H2,1-6H3/t19-,20+,21-,22+,23?,25+,26+,27+,28-/m0/s1. The molecule has 4 aliphatic carbocycles. The third kappa shape index (κ3) is 2.82. The van der Waals surface area contributed by atoms with Gasteiger partial charge in [-0.3, -0.25) is 0 Å². The smallest absolute Gasteiger partial charge is 0.147 e. The quantitative estimate of drug-likeness (QED) is 0.418. The summed E-state index contributed by atoms with van der Waals surface area (Å²) in [6.07, 6.45) is 17.8. The largest absolute Gasteiger partial charge is 0.393 e. The van der Waals surface area contributed by atoms with Crippen LogP contribution in [0.3, 0.4) is 0 Å². The first kappa shape index (κ1) is 21.9. The average molecular weight is 427 g/mol. The van der Waals surface area contributed by atoms with Crippen LogP contribution in [-0.2, 0) is 9.78 Å². The number of hydrogen-bond donors (Lipinski definition) is 1. The molecule has 2 saturated carbocycles. The van der Waals surface area contributed by atoms with Crippen LogP contribution in [0.1, 0.15) is 80.1 Å². The van der Waals surface area contributed by atoms with Gasteiger partial charge in [-0.15, -0.1) is 0 Å². The van der Waals surface area contributed by atoms with E-state index >= 15 is 0 Å². The molecule has 2 bridgehead atoms. The van der Waals surface area contributed by atoms with Crippen molar-refractivity contribution in [1.29, 1.82) is 0 Å². The van der Waals surface area contributed by atoms with Gasteiger partial charge in [-0.2, -0.15) is 0 Å². The molecular formula is C28H42O3. The van der Waals surface area contributed by atoms with Gasteiger partial charge >= 0.3 is 0 Å². The van der Waals surface area contributed by atoms with Crippen molar-refractivity contribution in [3.05, 3.63) is 36.0 Å². The van der Waals surface area contributed by atoms with E-state index in [-0.39, 0.29) is 16.9 Å². The predicted molar refractivity (Wildman–Crippen MR) is 124 cm³/mol. The first-order chi connectivity index (χ1) is 14.6. The van der Waals surface area contributed by atoms with Crippen molar-refractivity contribution >= 4 is 0 Å². The van der Waals surface area contributed by atoms with Crippen molar-refractivity contribution in [2.24, 2.45) is 40.4 Å². The van der Waals surface area contributed by atoms with Gasteiger partial charge in [-0.25, -0.2) is 9.78 Å². The predicted octanol–water partition coefficient (Wildman–Crippen LogP) is 6.39. The molecule has 0 aromatic heterocycles. The number of aliphatic hydroxyl groups excluding tert-OH is 1. The summed E-state index contributed by atoms with van der Waals surface area (Å²) in [6.45, 7) is 14.2. The Hall–Kier alpha value is -0.900. The Morgan fingerprint density at radius 2 is 1.81 bits per heavy atom. The second kappa shape index (κ2) is 7.05. The van der Waals surface area contributed by atoms with Gasteiger partial charge in [0.15, 0.2) is 0 Å². The Morgan fingerprint density at radius 3 is 2.48 bits per heavy atom. The van der Waals surface area contributed by atoms with Crippen molar-refractivity contribution < 1.29 is 14.9 Å². The van der Waals surface area contributed by atoms with E-state index in [1.165, 1.54) is 18.4 Å². The third-order valence-electron chi connectivity index (χ3n) is 10.5. The van der Waals surface area contributed by atoms with Gasteiger partial charge in [-0.05, 0) is 78.9 Å². The lowest BCUT2D eigenvalue weighted by atomic mass is 9.47. The molecule has 3 fully saturated rings. The van der Waals surface area contributed by atoms with E-state index in [1.54, 1.807) is 0 Å². The van der Waals surface area contributed by atoms with Crippen LogP contribution in [0.25, 0.3) is 0 Å². The summed E-state index contributed by atoms with van der Waals surface area (Å²) in [6, 6.07) is 0. The molecule has 6 aliphatic rings. The molecule has 2 spiro atoms. The van der Waals surface area contributed by atoms with Crippen LogP contribution in [0.4, 0.5) is 0 Å². The maximum Gasteiger partial charge on any atom is 0.147 e. The maximum absolute atomic E-state index is 10.4. The molecule has 31 heavy (non-hydrogen) atoms. The van der Waals surface area contributed by atoms with E-state index in [9.17, 15) is 5.11 Å². The van der Waals surface area contributed by atoms with Gasteiger partial charge in [0.25, 0.3) is 0 Å². The van der Waals surface area contributed by atoms with Gasteiger partial charge in [-0.1, -0.05) is 59.8 Å². The van der Waals surface area contributed by atoms with E-state index in [1.807, 2.05) is 0 Å². The van der Waals surface area contributed by atoms with Crippen LogP contribution >= 0.6 is 0 Å². The van der Waals surface area contributed by atoms with E-state index < -0.39 is 11.2 Å². The van der Waals surface area contributed by atoms with Crippen molar-refractivity contribution in [3.63, 3.8) is 0 Å². The zero-order valence-corrected chi connectivity index (χ0v) is 20.4. The first-order valence-corrected chi connectivity index (χ1v) is 12.7. The minimum atomic E-state index is -0.507. The zero-order valence-electron chi connectivity index (χ0n) is 20.4. The molecule has 9 atom stereocenters. The Bertz CT molecular complexity index is 826. The van der Waals surface area contributed by atoms with Crippen molar-refractivity contribution in [1.82, 2.24) is 0 Å². The van der Waals surface area contributed by atoms with E-state index in [0.29, 0.717) is 36.0 Å². The average Bonchev–Trinajstić information content (AvgIpc) is 3.09. The topological polar surface area (TPSA) is 38.7 Å². The molecule has 2 heterocycles. The lowest BCUT2D eigenvalue weighted by molar-refractivity contribution is -0.455. The molecule has 0 amide bonds. The van der Waals surface area contributed by atoms with Crippen LogP contribution < -0.4 is 0 Å². The van der Waals surface area contributed by atoms with Crippen LogP contribution in [0.2, 0.25) is 0 Å². The van der Waals surface area contributed by atoms with E-state index in [0.717, 1.165) is 19.3 Å². The highest BCUT2D eigenvalue weighted by molar-refractivity contribution is 5.48. The highest BCUT2D eigenvalue weighted by Crippen LogP contribution is 2.71. The molecule has 0 aromatic rings. The minimum absolute atomic E-state index is 0.0726. The number of hydrogen-bond acceptors (Lipinski definition) is 3. The molecule has 3 heteroatoms. The molecule has 0 radical (unpaired) electrons. The summed E-state index contributed by atoms with van der Waals surface area (Å²) >= 11 is 0. The Morgan fingerprint density at radius 1 is 1.03 bits per heavy atom. The fourth-order valence-corrected chi connectivity index (χ4v) is 8.01. The number of rotatable bonds is 4. The molecule has 1 N–H and O–H groups in total. The fraction of sp³-hybridized carbons (Fsp3) is 0.786. The second-order valence-corrected chi connectivity index (χ2v) is 12.3. The molecule has 1 saturated heterocycles. The van der Waals surface area contributed by atoms with Crippen LogP contribution in [0.15, 0.2) is 36.0 Å². The first-order valence-electron chi connectivity index (χ1n) is 12.7. The normalized spacial score (nSPS) is 50.2. The lowest BCUT2D eigenvalue weighted by Crippen LogP contribution is -2.69. The Kier molecular flexibility index (Phi) is 4.98. The zero-order chi connectivity index (χ0) is 22.2. The summed E-state index contributed by atoms with van der Waals surface area (Å²) in [5, 5.41) is 10.4. The molecule has 172 valence electrons. The summed E-state index contributed by atoms with van der Waals surface area (Å²) in [5.74, 6) is 2.98. The van der Waals surface area contributed by atoms with Gasteiger partial charge in [0.1, 0.15) is 11.2 Å². The molecule has 1 unspecified atom stereocenters. The third-order valence-corrected chi connectivity index (χ3v) is 10.5. The number of fused-ring (bicyclic) bond motifs is 2. The Balaban J connectivity index is 1.48.